The number of halogens is 1. The second-order valence-corrected chi connectivity index (χ2v) is 9.58. The van der Waals surface area contributed by atoms with Gasteiger partial charge in [0.15, 0.2) is 5.13 Å². The highest BCUT2D eigenvalue weighted by Crippen LogP contribution is 2.43. The summed E-state index contributed by atoms with van der Waals surface area (Å²) in [6, 6.07) is 20.7. The van der Waals surface area contributed by atoms with E-state index in [0.717, 1.165) is 11.1 Å². The van der Waals surface area contributed by atoms with Crippen LogP contribution in [-0.2, 0) is 16.2 Å². The van der Waals surface area contributed by atoms with Crippen LogP contribution in [0.2, 0.25) is 5.02 Å². The molecule has 8 heteroatoms. The fraction of sp³-hybridized carbons (Fsp3) is 0.107. The molecule has 1 saturated heterocycles. The van der Waals surface area contributed by atoms with Crippen LogP contribution >= 0.6 is 22.9 Å². The molecule has 0 bridgehead atoms. The number of carbonyl (C=O) groups is 2. The summed E-state index contributed by atoms with van der Waals surface area (Å²) >= 11 is 7.30. The Labute approximate surface area is 217 Å². The largest absolute Gasteiger partial charge is 0.507 e. The molecule has 0 spiro atoms. The molecule has 1 aliphatic heterocycles. The van der Waals surface area contributed by atoms with Crippen LogP contribution in [0.15, 0.2) is 89.9 Å². The monoisotopic (exact) mass is 516 g/mol. The Bertz CT molecular complexity index is 1450. The SMILES string of the molecule is Cc1ccccc1COc1ccc(C(O)=C2C(=O)C(=O)N(c3nccs3)C2c2ccc(Cl)cc2)cc1. The molecule has 0 aliphatic carbocycles. The number of amides is 1. The van der Waals surface area contributed by atoms with Crippen LogP contribution in [0.25, 0.3) is 5.76 Å². The van der Waals surface area contributed by atoms with Gasteiger partial charge in [0.2, 0.25) is 0 Å². The van der Waals surface area contributed by atoms with E-state index < -0.39 is 17.7 Å². The minimum absolute atomic E-state index is 0.00824. The van der Waals surface area contributed by atoms with Gasteiger partial charge in [0.1, 0.15) is 18.1 Å². The Morgan fingerprint density at radius 1 is 1.06 bits per heavy atom. The molecule has 36 heavy (non-hydrogen) atoms. The number of aliphatic hydroxyl groups excluding tert-OH is 1. The molecule has 2 heterocycles. The van der Waals surface area contributed by atoms with Crippen molar-refractivity contribution in [3.05, 3.63) is 117 Å². The normalized spacial score (nSPS) is 16.9. The number of aromatic nitrogens is 1. The van der Waals surface area contributed by atoms with Gasteiger partial charge in [0.25, 0.3) is 5.78 Å². The van der Waals surface area contributed by atoms with Gasteiger partial charge >= 0.3 is 5.91 Å². The minimum atomic E-state index is -0.842. The van der Waals surface area contributed by atoms with E-state index in [-0.39, 0.29) is 11.3 Å². The topological polar surface area (TPSA) is 79.7 Å². The third kappa shape index (κ3) is 4.51. The first kappa shape index (κ1) is 23.8. The van der Waals surface area contributed by atoms with Gasteiger partial charge in [0, 0.05) is 22.2 Å². The van der Waals surface area contributed by atoms with E-state index in [4.69, 9.17) is 16.3 Å². The molecule has 1 fully saturated rings. The Kier molecular flexibility index (Phi) is 6.59. The van der Waals surface area contributed by atoms with Gasteiger partial charge in [-0.1, -0.05) is 48.0 Å². The number of anilines is 1. The van der Waals surface area contributed by atoms with E-state index in [1.807, 2.05) is 31.2 Å². The van der Waals surface area contributed by atoms with E-state index >= 15 is 0 Å². The lowest BCUT2D eigenvalue weighted by Crippen LogP contribution is -2.29. The van der Waals surface area contributed by atoms with Gasteiger partial charge in [-0.15, -0.1) is 11.3 Å². The number of rotatable bonds is 6. The van der Waals surface area contributed by atoms with Crippen molar-refractivity contribution in [2.45, 2.75) is 19.6 Å². The fourth-order valence-corrected chi connectivity index (χ4v) is 4.92. The van der Waals surface area contributed by atoms with Crippen molar-refractivity contribution in [3.8, 4) is 5.75 Å². The first-order chi connectivity index (χ1) is 17.4. The van der Waals surface area contributed by atoms with Crippen LogP contribution in [-0.4, -0.2) is 21.8 Å². The van der Waals surface area contributed by atoms with Gasteiger partial charge < -0.3 is 9.84 Å². The predicted octanol–water partition coefficient (Wildman–Crippen LogP) is 6.31. The Hall–Kier alpha value is -3.94. The van der Waals surface area contributed by atoms with Gasteiger partial charge in [-0.05, 0) is 60.0 Å². The average molecular weight is 517 g/mol. The third-order valence-electron chi connectivity index (χ3n) is 6.04. The van der Waals surface area contributed by atoms with Crippen LogP contribution in [0.4, 0.5) is 5.13 Å². The molecular formula is C28H21ClN2O4S. The molecule has 0 radical (unpaired) electrons. The van der Waals surface area contributed by atoms with Crippen molar-refractivity contribution in [2.75, 3.05) is 4.90 Å². The molecule has 3 aromatic carbocycles. The predicted molar refractivity (Wildman–Crippen MR) is 140 cm³/mol. The molecular weight excluding hydrogens is 496 g/mol. The number of ether oxygens (including phenoxy) is 1. The number of hydrogen-bond donors (Lipinski definition) is 1. The highest BCUT2D eigenvalue weighted by molar-refractivity contribution is 7.14. The maximum Gasteiger partial charge on any atom is 0.301 e. The van der Waals surface area contributed by atoms with Crippen molar-refractivity contribution < 1.29 is 19.4 Å². The summed E-state index contributed by atoms with van der Waals surface area (Å²) in [5.74, 6) is -1.17. The minimum Gasteiger partial charge on any atom is -0.507 e. The van der Waals surface area contributed by atoms with E-state index in [1.54, 1.807) is 60.1 Å². The van der Waals surface area contributed by atoms with Gasteiger partial charge in [-0.3, -0.25) is 14.5 Å². The quantitative estimate of drug-likeness (QED) is 0.184. The first-order valence-electron chi connectivity index (χ1n) is 11.2. The van der Waals surface area contributed by atoms with Crippen molar-refractivity contribution in [1.82, 2.24) is 4.98 Å². The first-order valence-corrected chi connectivity index (χ1v) is 12.4. The standard InChI is InChI=1S/C28H21ClN2O4S/c1-17-4-2-3-5-20(17)16-35-22-12-8-19(9-13-22)25(32)23-24(18-6-10-21(29)11-7-18)31(27(34)26(23)33)28-30-14-15-36-28/h2-15,24,32H,16H2,1H3. The maximum atomic E-state index is 13.2. The number of thiazole rings is 1. The second kappa shape index (κ2) is 9.97. The number of aliphatic hydroxyl groups is 1. The zero-order valence-corrected chi connectivity index (χ0v) is 20.8. The molecule has 1 atom stereocenters. The lowest BCUT2D eigenvalue weighted by Gasteiger charge is -2.23. The van der Waals surface area contributed by atoms with Crippen LogP contribution in [0, 0.1) is 6.92 Å². The number of carbonyl (C=O) groups excluding carboxylic acids is 2. The molecule has 0 saturated carbocycles. The lowest BCUT2D eigenvalue weighted by atomic mass is 9.95. The van der Waals surface area contributed by atoms with Crippen LogP contribution in [0.3, 0.4) is 0 Å². The molecule has 6 nitrogen and oxygen atoms in total. The number of nitrogens with zero attached hydrogens (tertiary/aromatic N) is 2. The summed E-state index contributed by atoms with van der Waals surface area (Å²) in [4.78, 5) is 31.8. The summed E-state index contributed by atoms with van der Waals surface area (Å²) in [5, 5.41) is 13.9. The maximum absolute atomic E-state index is 13.2. The Morgan fingerprint density at radius 2 is 1.78 bits per heavy atom. The molecule has 4 aromatic rings. The number of aryl methyl sites for hydroxylation is 1. The summed E-state index contributed by atoms with van der Waals surface area (Å²) in [6.07, 6.45) is 1.56. The Morgan fingerprint density at radius 3 is 2.44 bits per heavy atom. The van der Waals surface area contributed by atoms with Crippen molar-refractivity contribution >= 4 is 45.5 Å². The zero-order chi connectivity index (χ0) is 25.2. The summed E-state index contributed by atoms with van der Waals surface area (Å²) in [5.41, 5.74) is 3.24. The summed E-state index contributed by atoms with van der Waals surface area (Å²) in [6.45, 7) is 2.44. The smallest absolute Gasteiger partial charge is 0.301 e. The zero-order valence-electron chi connectivity index (χ0n) is 19.2. The third-order valence-corrected chi connectivity index (χ3v) is 7.06. The van der Waals surface area contributed by atoms with Crippen molar-refractivity contribution in [1.29, 1.82) is 0 Å². The van der Waals surface area contributed by atoms with Crippen molar-refractivity contribution in [2.24, 2.45) is 0 Å². The van der Waals surface area contributed by atoms with Gasteiger partial charge in [-0.25, -0.2) is 4.98 Å². The molecule has 5 rings (SSSR count). The Balaban J connectivity index is 1.49. The van der Waals surface area contributed by atoms with Crippen LogP contribution < -0.4 is 9.64 Å². The molecule has 1 aromatic heterocycles. The fourth-order valence-electron chi connectivity index (χ4n) is 4.12. The van der Waals surface area contributed by atoms with Crippen molar-refractivity contribution in [3.63, 3.8) is 0 Å². The number of Topliss-reactive ketones (excluding diaryl/α,β-unsaturated/α-hetero) is 1. The van der Waals surface area contributed by atoms with Crippen LogP contribution in [0.5, 0.6) is 5.75 Å². The highest BCUT2D eigenvalue weighted by atomic mass is 35.5. The molecule has 180 valence electrons. The number of benzene rings is 3. The van der Waals surface area contributed by atoms with E-state index in [9.17, 15) is 14.7 Å². The molecule has 1 aliphatic rings. The van der Waals surface area contributed by atoms with E-state index in [1.165, 1.54) is 16.2 Å². The second-order valence-electron chi connectivity index (χ2n) is 8.27. The van der Waals surface area contributed by atoms with Crippen LogP contribution in [0.1, 0.15) is 28.3 Å². The number of hydrogen-bond acceptors (Lipinski definition) is 6. The van der Waals surface area contributed by atoms with Gasteiger partial charge in [-0.2, -0.15) is 0 Å². The molecule has 1 unspecified atom stereocenters. The molecule has 1 amide bonds. The van der Waals surface area contributed by atoms with E-state index in [2.05, 4.69) is 4.98 Å². The van der Waals surface area contributed by atoms with Gasteiger partial charge in [0.05, 0.1) is 11.6 Å². The van der Waals surface area contributed by atoms with E-state index in [0.29, 0.717) is 33.6 Å². The lowest BCUT2D eigenvalue weighted by molar-refractivity contribution is -0.132. The average Bonchev–Trinajstić information content (AvgIpc) is 3.51. The number of ketones is 1. The summed E-state index contributed by atoms with van der Waals surface area (Å²) in [7, 11) is 0. The molecule has 1 N–H and O–H groups in total. The summed E-state index contributed by atoms with van der Waals surface area (Å²) < 4.78 is 5.89. The highest BCUT2D eigenvalue weighted by Gasteiger charge is 2.47.